The molecule has 0 saturated heterocycles. The van der Waals surface area contributed by atoms with Crippen molar-refractivity contribution in [3.05, 3.63) is 34.3 Å². The van der Waals surface area contributed by atoms with E-state index in [0.29, 0.717) is 12.0 Å². The zero-order valence-corrected chi connectivity index (χ0v) is 14.0. The highest BCUT2D eigenvalue weighted by Crippen LogP contribution is 2.28. The van der Waals surface area contributed by atoms with Gasteiger partial charge in [0, 0.05) is 28.8 Å². The molecule has 0 saturated carbocycles. The minimum absolute atomic E-state index is 0.357. The van der Waals surface area contributed by atoms with Crippen LogP contribution < -0.4 is 4.90 Å². The van der Waals surface area contributed by atoms with Gasteiger partial charge in [0.2, 0.25) is 0 Å². The molecule has 0 unspecified atom stereocenters. The van der Waals surface area contributed by atoms with Crippen LogP contribution in [-0.4, -0.2) is 23.7 Å². The molecule has 1 N–H and O–H groups in total. The van der Waals surface area contributed by atoms with Crippen LogP contribution in [0, 0.1) is 5.92 Å². The SMILES string of the molecule is CC(C)CN(c1ccc(Br)cc1/C=C/C(=O)O)C(C)C. The maximum absolute atomic E-state index is 10.7. The van der Waals surface area contributed by atoms with Crippen LogP contribution in [0.1, 0.15) is 33.3 Å². The third kappa shape index (κ3) is 5.00. The van der Waals surface area contributed by atoms with Crippen molar-refractivity contribution in [3.8, 4) is 0 Å². The zero-order chi connectivity index (χ0) is 15.3. The van der Waals surface area contributed by atoms with Crippen LogP contribution in [0.5, 0.6) is 0 Å². The fraction of sp³-hybridized carbons (Fsp3) is 0.438. The van der Waals surface area contributed by atoms with Crippen molar-refractivity contribution in [1.29, 1.82) is 0 Å². The first-order chi connectivity index (χ1) is 9.31. The van der Waals surface area contributed by atoms with E-state index in [1.807, 2.05) is 18.2 Å². The van der Waals surface area contributed by atoms with Gasteiger partial charge in [-0.15, -0.1) is 0 Å². The molecule has 0 radical (unpaired) electrons. The Labute approximate surface area is 129 Å². The molecule has 20 heavy (non-hydrogen) atoms. The first kappa shape index (κ1) is 16.8. The van der Waals surface area contributed by atoms with Gasteiger partial charge in [0.25, 0.3) is 0 Å². The second-order valence-corrected chi connectivity index (χ2v) is 6.43. The molecule has 4 heteroatoms. The molecule has 1 aromatic carbocycles. The van der Waals surface area contributed by atoms with E-state index in [9.17, 15) is 4.79 Å². The van der Waals surface area contributed by atoms with Crippen molar-refractivity contribution in [1.82, 2.24) is 0 Å². The molecule has 110 valence electrons. The Kier molecular flexibility index (Phi) is 6.27. The molecule has 1 aromatic rings. The van der Waals surface area contributed by atoms with Crippen LogP contribution in [-0.2, 0) is 4.79 Å². The quantitative estimate of drug-likeness (QED) is 0.780. The lowest BCUT2D eigenvalue weighted by Crippen LogP contribution is -2.34. The summed E-state index contributed by atoms with van der Waals surface area (Å²) in [7, 11) is 0. The first-order valence-electron chi connectivity index (χ1n) is 6.78. The fourth-order valence-electron chi connectivity index (χ4n) is 2.06. The maximum atomic E-state index is 10.7. The number of nitrogens with zero attached hydrogens (tertiary/aromatic N) is 1. The number of anilines is 1. The summed E-state index contributed by atoms with van der Waals surface area (Å²) in [6.07, 6.45) is 2.83. The monoisotopic (exact) mass is 339 g/mol. The van der Waals surface area contributed by atoms with Crippen LogP contribution in [0.3, 0.4) is 0 Å². The molecule has 0 bridgehead atoms. The summed E-state index contributed by atoms with van der Waals surface area (Å²) in [5.74, 6) is -0.395. The molecule has 0 heterocycles. The summed E-state index contributed by atoms with van der Waals surface area (Å²) in [4.78, 5) is 13.0. The second-order valence-electron chi connectivity index (χ2n) is 5.51. The van der Waals surface area contributed by atoms with Gasteiger partial charge in [-0.2, -0.15) is 0 Å². The number of carbonyl (C=O) groups is 1. The third-order valence-corrected chi connectivity index (χ3v) is 3.38. The van der Waals surface area contributed by atoms with E-state index in [4.69, 9.17) is 5.11 Å². The Bertz CT molecular complexity index is 495. The van der Waals surface area contributed by atoms with E-state index in [1.165, 1.54) is 6.08 Å². The van der Waals surface area contributed by atoms with Gasteiger partial charge in [0.15, 0.2) is 0 Å². The van der Waals surface area contributed by atoms with Gasteiger partial charge in [-0.1, -0.05) is 29.8 Å². The summed E-state index contributed by atoms with van der Waals surface area (Å²) in [6, 6.07) is 6.33. The van der Waals surface area contributed by atoms with Gasteiger partial charge in [-0.25, -0.2) is 4.79 Å². The van der Waals surface area contributed by atoms with Crippen molar-refractivity contribution in [2.45, 2.75) is 33.7 Å². The van der Waals surface area contributed by atoms with Crippen LogP contribution in [0.2, 0.25) is 0 Å². The van der Waals surface area contributed by atoms with E-state index >= 15 is 0 Å². The van der Waals surface area contributed by atoms with Crippen LogP contribution in [0.4, 0.5) is 5.69 Å². The minimum Gasteiger partial charge on any atom is -0.478 e. The lowest BCUT2D eigenvalue weighted by atomic mass is 10.1. The number of benzene rings is 1. The van der Waals surface area contributed by atoms with Crippen LogP contribution >= 0.6 is 15.9 Å². The van der Waals surface area contributed by atoms with Crippen molar-refractivity contribution in [3.63, 3.8) is 0 Å². The predicted octanol–water partition coefficient (Wildman–Crippen LogP) is 4.42. The number of carboxylic acids is 1. The van der Waals surface area contributed by atoms with Crippen molar-refractivity contribution >= 4 is 33.7 Å². The molecular formula is C16H22BrNO2. The predicted molar refractivity (Wildman–Crippen MR) is 88.1 cm³/mol. The normalized spacial score (nSPS) is 11.6. The molecule has 0 aliphatic rings. The highest BCUT2D eigenvalue weighted by Gasteiger charge is 2.15. The molecule has 0 aliphatic carbocycles. The molecule has 3 nitrogen and oxygen atoms in total. The van der Waals surface area contributed by atoms with Crippen LogP contribution in [0.25, 0.3) is 6.08 Å². The van der Waals surface area contributed by atoms with Gasteiger partial charge in [-0.3, -0.25) is 0 Å². The molecule has 1 rings (SSSR count). The summed E-state index contributed by atoms with van der Waals surface area (Å²) in [5.41, 5.74) is 1.98. The Balaban J connectivity index is 3.22. The molecule has 0 amide bonds. The molecule has 0 atom stereocenters. The van der Waals surface area contributed by atoms with E-state index in [0.717, 1.165) is 22.3 Å². The topological polar surface area (TPSA) is 40.5 Å². The van der Waals surface area contributed by atoms with Crippen LogP contribution in [0.15, 0.2) is 28.7 Å². The number of hydrogen-bond acceptors (Lipinski definition) is 2. The highest BCUT2D eigenvalue weighted by molar-refractivity contribution is 9.10. The lowest BCUT2D eigenvalue weighted by Gasteiger charge is -2.32. The second kappa shape index (κ2) is 7.48. The summed E-state index contributed by atoms with van der Waals surface area (Å²) >= 11 is 3.44. The largest absolute Gasteiger partial charge is 0.478 e. The molecule has 0 aliphatic heterocycles. The average Bonchev–Trinajstić information content (AvgIpc) is 2.33. The van der Waals surface area contributed by atoms with Gasteiger partial charge in [-0.05, 0) is 49.6 Å². The lowest BCUT2D eigenvalue weighted by molar-refractivity contribution is -0.131. The van der Waals surface area contributed by atoms with Crippen molar-refractivity contribution in [2.24, 2.45) is 5.92 Å². The van der Waals surface area contributed by atoms with Crippen molar-refractivity contribution in [2.75, 3.05) is 11.4 Å². The number of halogens is 1. The molecule has 0 spiro atoms. The minimum atomic E-state index is -0.934. The number of rotatable bonds is 6. The van der Waals surface area contributed by atoms with E-state index < -0.39 is 5.97 Å². The maximum Gasteiger partial charge on any atom is 0.328 e. The fourth-order valence-corrected chi connectivity index (χ4v) is 2.44. The number of aliphatic carboxylic acids is 1. The van der Waals surface area contributed by atoms with Crippen molar-refractivity contribution < 1.29 is 9.90 Å². The standard InChI is InChI=1S/C16H22BrNO2/c1-11(2)10-18(12(3)4)15-7-6-14(17)9-13(15)5-8-16(19)20/h5-9,11-12H,10H2,1-4H3,(H,19,20)/b8-5+. The third-order valence-electron chi connectivity index (χ3n) is 2.89. The number of carboxylic acid groups (broad SMARTS) is 1. The first-order valence-corrected chi connectivity index (χ1v) is 7.57. The van der Waals surface area contributed by atoms with E-state index in [-0.39, 0.29) is 0 Å². The Morgan fingerprint density at radius 1 is 1.35 bits per heavy atom. The Morgan fingerprint density at radius 3 is 2.50 bits per heavy atom. The average molecular weight is 340 g/mol. The van der Waals surface area contributed by atoms with E-state index in [1.54, 1.807) is 6.08 Å². The summed E-state index contributed by atoms with van der Waals surface area (Å²) < 4.78 is 0.944. The Hall–Kier alpha value is -1.29. The van der Waals surface area contributed by atoms with Gasteiger partial charge < -0.3 is 10.0 Å². The zero-order valence-electron chi connectivity index (χ0n) is 12.4. The van der Waals surface area contributed by atoms with Gasteiger partial charge in [0.1, 0.15) is 0 Å². The summed E-state index contributed by atoms with van der Waals surface area (Å²) in [5, 5.41) is 8.82. The van der Waals surface area contributed by atoms with Gasteiger partial charge in [0.05, 0.1) is 0 Å². The number of hydrogen-bond donors (Lipinski definition) is 1. The highest BCUT2D eigenvalue weighted by atomic mass is 79.9. The Morgan fingerprint density at radius 2 is 2.00 bits per heavy atom. The summed E-state index contributed by atoms with van der Waals surface area (Å²) in [6.45, 7) is 9.60. The molecule has 0 aromatic heterocycles. The molecular weight excluding hydrogens is 318 g/mol. The molecule has 0 fully saturated rings. The van der Waals surface area contributed by atoms with E-state index in [2.05, 4.69) is 48.5 Å². The van der Waals surface area contributed by atoms with Gasteiger partial charge >= 0.3 is 5.97 Å². The smallest absolute Gasteiger partial charge is 0.328 e.